The van der Waals surface area contributed by atoms with Gasteiger partial charge in [-0.3, -0.25) is 0 Å². The quantitative estimate of drug-likeness (QED) is 0.701. The lowest BCUT2D eigenvalue weighted by molar-refractivity contribution is 0.175. The van der Waals surface area contributed by atoms with E-state index in [1.165, 1.54) is 0 Å². The predicted molar refractivity (Wildman–Crippen MR) is 58.7 cm³/mol. The highest BCUT2D eigenvalue weighted by Gasteiger charge is 2.21. The standard InChI is InChI=1S/C10H21N3O2/c1-8(3-5-11)13(2)10(14)12-9-4-6-15-7-9/h8-9H,3-7,11H2,1-2H3,(H,12,14). The van der Waals surface area contributed by atoms with Crippen LogP contribution in [0.2, 0.25) is 0 Å². The molecule has 0 spiro atoms. The molecular formula is C10H21N3O2. The van der Waals surface area contributed by atoms with E-state index >= 15 is 0 Å². The molecule has 1 rings (SSSR count). The van der Waals surface area contributed by atoms with Crippen molar-refractivity contribution in [2.75, 3.05) is 26.8 Å². The average molecular weight is 215 g/mol. The second-order valence-electron chi connectivity index (χ2n) is 4.05. The molecule has 1 saturated heterocycles. The molecule has 1 heterocycles. The van der Waals surface area contributed by atoms with Gasteiger partial charge in [-0.2, -0.15) is 0 Å². The summed E-state index contributed by atoms with van der Waals surface area (Å²) in [6.07, 6.45) is 1.73. The van der Waals surface area contributed by atoms with Gasteiger partial charge in [0.2, 0.25) is 0 Å². The summed E-state index contributed by atoms with van der Waals surface area (Å²) in [7, 11) is 1.80. The summed E-state index contributed by atoms with van der Waals surface area (Å²) in [5.74, 6) is 0. The van der Waals surface area contributed by atoms with Crippen LogP contribution in [0.15, 0.2) is 0 Å². The summed E-state index contributed by atoms with van der Waals surface area (Å²) in [6.45, 7) is 3.97. The maximum atomic E-state index is 11.7. The van der Waals surface area contributed by atoms with Crippen LogP contribution in [0.1, 0.15) is 19.8 Å². The Hall–Kier alpha value is -0.810. The summed E-state index contributed by atoms with van der Waals surface area (Å²) in [5, 5.41) is 2.94. The van der Waals surface area contributed by atoms with Gasteiger partial charge in [0.05, 0.1) is 12.6 Å². The number of urea groups is 1. The molecule has 1 aliphatic rings. The lowest BCUT2D eigenvalue weighted by atomic mass is 10.2. The van der Waals surface area contributed by atoms with Crippen molar-refractivity contribution in [2.45, 2.75) is 31.8 Å². The van der Waals surface area contributed by atoms with E-state index in [0.29, 0.717) is 13.2 Å². The Morgan fingerprint density at radius 2 is 2.47 bits per heavy atom. The molecule has 5 heteroatoms. The summed E-state index contributed by atoms with van der Waals surface area (Å²) in [5.41, 5.74) is 5.45. The van der Waals surface area contributed by atoms with Gasteiger partial charge in [-0.25, -0.2) is 4.79 Å². The van der Waals surface area contributed by atoms with E-state index < -0.39 is 0 Å². The Kier molecular flexibility index (Phi) is 4.84. The van der Waals surface area contributed by atoms with Crippen LogP contribution in [0.25, 0.3) is 0 Å². The number of ether oxygens (including phenoxy) is 1. The van der Waals surface area contributed by atoms with Crippen LogP contribution in [0, 0.1) is 0 Å². The maximum Gasteiger partial charge on any atom is 0.317 e. The van der Waals surface area contributed by atoms with Crippen molar-refractivity contribution in [3.8, 4) is 0 Å². The molecular weight excluding hydrogens is 194 g/mol. The van der Waals surface area contributed by atoms with E-state index in [0.717, 1.165) is 19.4 Å². The van der Waals surface area contributed by atoms with Gasteiger partial charge in [-0.05, 0) is 26.3 Å². The molecule has 3 N–H and O–H groups in total. The molecule has 2 atom stereocenters. The minimum absolute atomic E-state index is 0.0357. The van der Waals surface area contributed by atoms with Crippen molar-refractivity contribution < 1.29 is 9.53 Å². The van der Waals surface area contributed by atoms with Crippen LogP contribution in [0.5, 0.6) is 0 Å². The molecule has 88 valence electrons. The van der Waals surface area contributed by atoms with E-state index in [-0.39, 0.29) is 18.1 Å². The first-order valence-corrected chi connectivity index (χ1v) is 5.46. The lowest BCUT2D eigenvalue weighted by Gasteiger charge is -2.26. The largest absolute Gasteiger partial charge is 0.379 e. The van der Waals surface area contributed by atoms with Crippen LogP contribution in [-0.2, 0) is 4.74 Å². The first kappa shape index (κ1) is 12.3. The lowest BCUT2D eigenvalue weighted by Crippen LogP contribution is -2.47. The molecule has 0 bridgehead atoms. The zero-order valence-corrected chi connectivity index (χ0v) is 9.53. The third-order valence-electron chi connectivity index (χ3n) is 2.82. The minimum atomic E-state index is -0.0357. The fourth-order valence-corrected chi connectivity index (χ4v) is 1.56. The van der Waals surface area contributed by atoms with Crippen molar-refractivity contribution in [1.82, 2.24) is 10.2 Å². The highest BCUT2D eigenvalue weighted by atomic mass is 16.5. The molecule has 2 amide bonds. The topological polar surface area (TPSA) is 67.6 Å². The summed E-state index contributed by atoms with van der Waals surface area (Å²) < 4.78 is 5.19. The van der Waals surface area contributed by atoms with E-state index in [2.05, 4.69) is 5.32 Å². The first-order chi connectivity index (χ1) is 7.15. The Morgan fingerprint density at radius 3 is 3.00 bits per heavy atom. The first-order valence-electron chi connectivity index (χ1n) is 5.46. The normalized spacial score (nSPS) is 22.5. The van der Waals surface area contributed by atoms with Gasteiger partial charge < -0.3 is 20.7 Å². The molecule has 0 aliphatic carbocycles. The minimum Gasteiger partial charge on any atom is -0.379 e. The molecule has 2 unspecified atom stereocenters. The molecule has 15 heavy (non-hydrogen) atoms. The van der Waals surface area contributed by atoms with Crippen LogP contribution < -0.4 is 11.1 Å². The fraction of sp³-hybridized carbons (Fsp3) is 0.900. The Labute approximate surface area is 90.9 Å². The van der Waals surface area contributed by atoms with E-state index in [1.54, 1.807) is 11.9 Å². The molecule has 0 saturated carbocycles. The van der Waals surface area contributed by atoms with Crippen molar-refractivity contribution in [1.29, 1.82) is 0 Å². The van der Waals surface area contributed by atoms with Gasteiger partial charge in [-0.1, -0.05) is 0 Å². The van der Waals surface area contributed by atoms with E-state index in [1.807, 2.05) is 6.92 Å². The predicted octanol–water partition coefficient (Wildman–Crippen LogP) is 0.154. The number of nitrogens with zero attached hydrogens (tertiary/aromatic N) is 1. The Balaban J connectivity index is 2.31. The van der Waals surface area contributed by atoms with E-state index in [9.17, 15) is 4.79 Å². The second kappa shape index (κ2) is 5.92. The van der Waals surface area contributed by atoms with Gasteiger partial charge >= 0.3 is 6.03 Å². The second-order valence-corrected chi connectivity index (χ2v) is 4.05. The molecule has 5 nitrogen and oxygen atoms in total. The van der Waals surface area contributed by atoms with Gasteiger partial charge in [0, 0.05) is 19.7 Å². The fourth-order valence-electron chi connectivity index (χ4n) is 1.56. The zero-order valence-electron chi connectivity index (χ0n) is 9.53. The van der Waals surface area contributed by atoms with Crippen molar-refractivity contribution >= 4 is 6.03 Å². The summed E-state index contributed by atoms with van der Waals surface area (Å²) in [6, 6.07) is 0.314. The number of carbonyl (C=O) groups excluding carboxylic acids is 1. The number of nitrogens with one attached hydrogen (secondary N) is 1. The van der Waals surface area contributed by atoms with Crippen molar-refractivity contribution in [3.63, 3.8) is 0 Å². The smallest absolute Gasteiger partial charge is 0.317 e. The zero-order chi connectivity index (χ0) is 11.3. The summed E-state index contributed by atoms with van der Waals surface area (Å²) in [4.78, 5) is 13.4. The van der Waals surface area contributed by atoms with Gasteiger partial charge in [-0.15, -0.1) is 0 Å². The number of nitrogens with two attached hydrogens (primary N) is 1. The molecule has 0 aromatic carbocycles. The molecule has 1 aliphatic heterocycles. The van der Waals surface area contributed by atoms with Crippen molar-refractivity contribution in [2.24, 2.45) is 5.73 Å². The van der Waals surface area contributed by atoms with Crippen LogP contribution in [0.3, 0.4) is 0 Å². The summed E-state index contributed by atoms with van der Waals surface area (Å²) >= 11 is 0. The van der Waals surface area contributed by atoms with Crippen molar-refractivity contribution in [3.05, 3.63) is 0 Å². The molecule has 0 aromatic heterocycles. The number of carbonyl (C=O) groups is 1. The third-order valence-corrected chi connectivity index (χ3v) is 2.82. The molecule has 0 radical (unpaired) electrons. The van der Waals surface area contributed by atoms with Gasteiger partial charge in [0.25, 0.3) is 0 Å². The number of hydrogen-bond acceptors (Lipinski definition) is 3. The van der Waals surface area contributed by atoms with Gasteiger partial charge in [0.15, 0.2) is 0 Å². The number of amides is 2. The number of hydrogen-bond donors (Lipinski definition) is 2. The monoisotopic (exact) mass is 215 g/mol. The highest BCUT2D eigenvalue weighted by molar-refractivity contribution is 5.74. The highest BCUT2D eigenvalue weighted by Crippen LogP contribution is 2.05. The van der Waals surface area contributed by atoms with Crippen LogP contribution >= 0.6 is 0 Å². The van der Waals surface area contributed by atoms with Gasteiger partial charge in [0.1, 0.15) is 0 Å². The SMILES string of the molecule is CC(CCN)N(C)C(=O)NC1CCOC1. The maximum absolute atomic E-state index is 11.7. The van der Waals surface area contributed by atoms with Crippen LogP contribution in [-0.4, -0.2) is 49.8 Å². The molecule has 1 fully saturated rings. The Bertz CT molecular complexity index is 205. The van der Waals surface area contributed by atoms with E-state index in [4.69, 9.17) is 10.5 Å². The van der Waals surface area contributed by atoms with Crippen LogP contribution in [0.4, 0.5) is 4.79 Å². The molecule has 0 aromatic rings. The number of rotatable bonds is 4. The average Bonchev–Trinajstić information content (AvgIpc) is 2.69. The third kappa shape index (κ3) is 3.68. The Morgan fingerprint density at radius 1 is 1.73 bits per heavy atom.